The molecule has 1 unspecified atom stereocenters. The van der Waals surface area contributed by atoms with E-state index in [2.05, 4.69) is 197 Å². The maximum Gasteiger partial charge on any atom is 0.0574 e. The van der Waals surface area contributed by atoms with Crippen LogP contribution in [-0.4, -0.2) is 11.4 Å². The van der Waals surface area contributed by atoms with Crippen molar-refractivity contribution in [2.45, 2.75) is 102 Å². The first-order chi connectivity index (χ1) is 31.3. The van der Waals surface area contributed by atoms with Crippen molar-refractivity contribution >= 4 is 11.1 Å². The van der Waals surface area contributed by atoms with Crippen molar-refractivity contribution < 1.29 is 0 Å². The number of hydrogen-bond donors (Lipinski definition) is 0. The molecule has 0 radical (unpaired) electrons. The average Bonchev–Trinajstić information content (AvgIpc) is 3.83. The van der Waals surface area contributed by atoms with E-state index < -0.39 is 0 Å². The van der Waals surface area contributed by atoms with Crippen LogP contribution in [0.2, 0.25) is 0 Å². The summed E-state index contributed by atoms with van der Waals surface area (Å²) in [4.78, 5) is 2.40. The Morgan fingerprint density at radius 1 is 0.797 bits per heavy atom. The number of unbranched alkanes of at least 4 members (excludes halogenated alkanes) is 1. The minimum Gasteiger partial charge on any atom is -0.342 e. The molecule has 0 heterocycles. The normalized spacial score (nSPS) is 20.9. The molecule has 0 saturated heterocycles. The monoisotopic (exact) mass is 840 g/mol. The number of allylic oxidation sites excluding steroid dienone is 22. The molecule has 1 fully saturated rings. The fourth-order valence-electron chi connectivity index (χ4n) is 10.5. The summed E-state index contributed by atoms with van der Waals surface area (Å²) in [5.41, 5.74) is 18.0. The smallest absolute Gasteiger partial charge is 0.0574 e. The van der Waals surface area contributed by atoms with E-state index in [0.717, 1.165) is 61.1 Å². The Hall–Kier alpha value is -6.18. The Morgan fingerprint density at radius 3 is 2.23 bits per heavy atom. The summed E-state index contributed by atoms with van der Waals surface area (Å²) in [5, 5.41) is 0. The second-order valence-corrected chi connectivity index (χ2v) is 18.0. The van der Waals surface area contributed by atoms with Gasteiger partial charge in [0, 0.05) is 17.9 Å². The minimum atomic E-state index is -0.334. The summed E-state index contributed by atoms with van der Waals surface area (Å²) in [6, 6.07) is 29.1. The van der Waals surface area contributed by atoms with Gasteiger partial charge in [0.1, 0.15) is 0 Å². The van der Waals surface area contributed by atoms with E-state index in [0.29, 0.717) is 12.0 Å². The Morgan fingerprint density at radius 2 is 1.53 bits per heavy atom. The van der Waals surface area contributed by atoms with E-state index in [9.17, 15) is 0 Å². The lowest BCUT2D eigenvalue weighted by Crippen LogP contribution is -2.25. The molecule has 7 rings (SSSR count). The highest BCUT2D eigenvalue weighted by atomic mass is 15.1. The van der Waals surface area contributed by atoms with E-state index in [4.69, 9.17) is 6.58 Å². The van der Waals surface area contributed by atoms with Crippen molar-refractivity contribution in [3.63, 3.8) is 0 Å². The Balaban J connectivity index is 1.20. The maximum atomic E-state index is 4.84. The van der Waals surface area contributed by atoms with Crippen LogP contribution in [-0.2, 0) is 10.8 Å². The second kappa shape index (κ2) is 21.5. The van der Waals surface area contributed by atoms with Crippen molar-refractivity contribution in [1.82, 2.24) is 4.90 Å². The first-order valence-electron chi connectivity index (χ1n) is 23.7. The van der Waals surface area contributed by atoms with E-state index >= 15 is 0 Å². The van der Waals surface area contributed by atoms with Crippen LogP contribution in [0.1, 0.15) is 119 Å². The summed E-state index contributed by atoms with van der Waals surface area (Å²) in [5.74, 6) is 0. The topological polar surface area (TPSA) is 3.24 Å². The van der Waals surface area contributed by atoms with Gasteiger partial charge < -0.3 is 4.90 Å². The molecule has 0 bridgehead atoms. The molecule has 1 saturated carbocycles. The van der Waals surface area contributed by atoms with Gasteiger partial charge in [-0.2, -0.15) is 0 Å². The summed E-state index contributed by atoms with van der Waals surface area (Å²) in [7, 11) is 0. The van der Waals surface area contributed by atoms with Gasteiger partial charge in [-0.1, -0.05) is 203 Å². The first-order valence-corrected chi connectivity index (χ1v) is 23.7. The highest BCUT2D eigenvalue weighted by Crippen LogP contribution is 2.53. The van der Waals surface area contributed by atoms with Crippen molar-refractivity contribution in [3.05, 3.63) is 263 Å². The number of fused-ring (bicyclic) bond motifs is 3. The Kier molecular flexibility index (Phi) is 15.4. The summed E-state index contributed by atoms with van der Waals surface area (Å²) < 4.78 is 0. The second-order valence-electron chi connectivity index (χ2n) is 18.0. The molecule has 1 spiro atoms. The van der Waals surface area contributed by atoms with Crippen LogP contribution >= 0.6 is 0 Å². The van der Waals surface area contributed by atoms with E-state index in [1.54, 1.807) is 5.56 Å². The molecule has 326 valence electrons. The highest BCUT2D eigenvalue weighted by Gasteiger charge is 2.41. The molecule has 3 aromatic rings. The van der Waals surface area contributed by atoms with Crippen molar-refractivity contribution in [3.8, 4) is 0 Å². The van der Waals surface area contributed by atoms with Gasteiger partial charge in [-0.15, -0.1) is 6.58 Å². The first kappa shape index (κ1) is 45.8. The van der Waals surface area contributed by atoms with Gasteiger partial charge in [-0.3, -0.25) is 0 Å². The van der Waals surface area contributed by atoms with Gasteiger partial charge in [0.2, 0.25) is 0 Å². The summed E-state index contributed by atoms with van der Waals surface area (Å²) in [6.45, 7) is 24.6. The van der Waals surface area contributed by atoms with Gasteiger partial charge in [0.25, 0.3) is 0 Å². The SMILES string of the molecule is C=CCC/C=C/C1(c2ccccc2)C=C(CCC(=C)N(C/C=C(C=C)\C(C=C)=C2\C=CC=CC2)C(/C=C(C)/C(C)=C/C=C2\CC3(CCCCC3)c3ccccc32)=C/C)c2ccccc21. The van der Waals surface area contributed by atoms with Crippen molar-refractivity contribution in [2.75, 3.05) is 6.54 Å². The molecule has 3 aromatic carbocycles. The van der Waals surface area contributed by atoms with E-state index in [1.807, 2.05) is 18.2 Å². The van der Waals surface area contributed by atoms with Crippen LogP contribution in [0.15, 0.2) is 236 Å². The fourth-order valence-corrected chi connectivity index (χ4v) is 10.5. The molecule has 1 nitrogen and oxygen atoms in total. The standard InChI is InChI=1S/C63H69N/c1-8-12-13-27-43-63(55-30-19-15-20-31-55)47-54(59-33-22-24-35-61(59)63)39-37-50(7)64(44-40-51(9-2)57(11-4)52-28-17-14-18-29-52)56(10-3)45-49(6)48(5)36-38-53-46-62(41-25-16-26-42-62)60-34-23-21-32-58(53)60/h8-11,14-15,17-24,27-28,30-36,38,40,43,45,47H,1-2,4,7,12-13,16,25-26,29,37,39,41-42,44,46H2,3,5-6H3/b43-27+,48-36+,49-45+,51-40-,53-38+,56-10+,57-52-. The zero-order valence-electron chi connectivity index (χ0n) is 38.9. The number of rotatable bonds is 18. The largest absolute Gasteiger partial charge is 0.342 e. The van der Waals surface area contributed by atoms with Crippen LogP contribution in [0, 0.1) is 0 Å². The number of benzene rings is 3. The molecule has 0 aliphatic heterocycles. The third-order valence-electron chi connectivity index (χ3n) is 14.1. The van der Waals surface area contributed by atoms with Crippen molar-refractivity contribution in [1.29, 1.82) is 0 Å². The van der Waals surface area contributed by atoms with Crippen LogP contribution in [0.4, 0.5) is 0 Å². The molecule has 0 N–H and O–H groups in total. The zero-order chi connectivity index (χ0) is 44.9. The van der Waals surface area contributed by atoms with E-state index in [-0.39, 0.29) is 5.41 Å². The third-order valence-corrected chi connectivity index (χ3v) is 14.1. The minimum absolute atomic E-state index is 0.317. The average molecular weight is 840 g/mol. The molecule has 0 amide bonds. The fraction of sp³-hybridized carbons (Fsp3) is 0.270. The molecular weight excluding hydrogens is 771 g/mol. The molecule has 1 heteroatoms. The highest BCUT2D eigenvalue weighted by molar-refractivity contribution is 5.81. The third kappa shape index (κ3) is 9.95. The molecular formula is C63H69N. The quantitative estimate of drug-likeness (QED) is 0.0701. The van der Waals surface area contributed by atoms with Crippen LogP contribution in [0.5, 0.6) is 0 Å². The molecule has 1 atom stereocenters. The number of hydrogen-bond acceptors (Lipinski definition) is 1. The van der Waals surface area contributed by atoms with Gasteiger partial charge in [0.15, 0.2) is 0 Å². The van der Waals surface area contributed by atoms with Gasteiger partial charge >= 0.3 is 0 Å². The van der Waals surface area contributed by atoms with Crippen LogP contribution in [0.25, 0.3) is 11.1 Å². The van der Waals surface area contributed by atoms with Gasteiger partial charge in [-0.05, 0) is 150 Å². The van der Waals surface area contributed by atoms with Gasteiger partial charge in [-0.25, -0.2) is 0 Å². The van der Waals surface area contributed by atoms with Crippen molar-refractivity contribution in [2.24, 2.45) is 0 Å². The predicted molar refractivity (Wildman–Crippen MR) is 279 cm³/mol. The Bertz CT molecular complexity index is 2540. The molecule has 0 aromatic heterocycles. The van der Waals surface area contributed by atoms with E-state index in [1.165, 1.54) is 82.2 Å². The summed E-state index contributed by atoms with van der Waals surface area (Å²) >= 11 is 0. The predicted octanol–water partition coefficient (Wildman–Crippen LogP) is 17.1. The lowest BCUT2D eigenvalue weighted by molar-refractivity contribution is 0.307. The molecule has 64 heavy (non-hydrogen) atoms. The maximum absolute atomic E-state index is 4.84. The molecule has 4 aliphatic carbocycles. The van der Waals surface area contributed by atoms with Gasteiger partial charge in [0.05, 0.1) is 5.41 Å². The Labute approximate surface area is 386 Å². The lowest BCUT2D eigenvalue weighted by Gasteiger charge is -2.34. The lowest BCUT2D eigenvalue weighted by atomic mass is 9.70. The summed E-state index contributed by atoms with van der Waals surface area (Å²) in [6.07, 6.45) is 45.7. The van der Waals surface area contributed by atoms with Crippen LogP contribution in [0.3, 0.4) is 0 Å². The number of nitrogens with zero attached hydrogens (tertiary/aromatic N) is 1. The zero-order valence-corrected chi connectivity index (χ0v) is 38.9. The molecule has 4 aliphatic rings. The van der Waals surface area contributed by atoms with Crippen LogP contribution < -0.4 is 0 Å².